The van der Waals surface area contributed by atoms with E-state index in [1.807, 2.05) is 31.3 Å². The van der Waals surface area contributed by atoms with E-state index in [1.165, 1.54) is 0 Å². The molecule has 2 aromatic rings. The van der Waals surface area contributed by atoms with Gasteiger partial charge in [-0.15, -0.1) is 0 Å². The lowest BCUT2D eigenvalue weighted by Gasteiger charge is -2.33. The lowest BCUT2D eigenvalue weighted by molar-refractivity contribution is 0.0940. The van der Waals surface area contributed by atoms with E-state index in [4.69, 9.17) is 4.74 Å². The van der Waals surface area contributed by atoms with E-state index in [0.717, 1.165) is 68.3 Å². The predicted molar refractivity (Wildman–Crippen MR) is 108 cm³/mol. The molecule has 1 amide bonds. The summed E-state index contributed by atoms with van der Waals surface area (Å²) in [5.41, 5.74) is 3.31. The first-order valence-corrected chi connectivity index (χ1v) is 10.2. The van der Waals surface area contributed by atoms with Gasteiger partial charge in [-0.3, -0.25) is 9.48 Å². The highest BCUT2D eigenvalue weighted by Gasteiger charge is 2.28. The Hall–Kier alpha value is -2.38. The molecule has 0 unspecified atom stereocenters. The Labute approximate surface area is 166 Å². The van der Waals surface area contributed by atoms with Crippen molar-refractivity contribution in [2.75, 3.05) is 45.8 Å². The summed E-state index contributed by atoms with van der Waals surface area (Å²) in [4.78, 5) is 17.7. The molecular weight excluding hydrogens is 354 g/mol. The Morgan fingerprint density at radius 2 is 1.93 bits per heavy atom. The summed E-state index contributed by atoms with van der Waals surface area (Å²) in [6.07, 6.45) is 0.951. The Bertz CT molecular complexity index is 839. The SMILES string of the molecule is CCN1CCN(CCCNC(=O)c2nn(C)c3c2COc2ccccc2-3)CC1. The number of nitrogens with one attached hydrogen (secondary N) is 1. The predicted octanol–water partition coefficient (Wildman–Crippen LogP) is 1.74. The number of carbonyl (C=O) groups excluding carboxylic acids is 1. The van der Waals surface area contributed by atoms with Crippen LogP contribution in [-0.2, 0) is 13.7 Å². The summed E-state index contributed by atoms with van der Waals surface area (Å²) in [5, 5.41) is 7.52. The summed E-state index contributed by atoms with van der Waals surface area (Å²) in [7, 11) is 1.88. The first-order chi connectivity index (χ1) is 13.7. The van der Waals surface area contributed by atoms with Gasteiger partial charge in [0.15, 0.2) is 5.69 Å². The molecule has 28 heavy (non-hydrogen) atoms. The Kier molecular flexibility index (Phi) is 5.64. The number of carbonyl (C=O) groups is 1. The second kappa shape index (κ2) is 8.32. The average molecular weight is 383 g/mol. The molecule has 150 valence electrons. The van der Waals surface area contributed by atoms with Gasteiger partial charge >= 0.3 is 0 Å². The molecule has 0 saturated carbocycles. The summed E-state index contributed by atoms with van der Waals surface area (Å²) < 4.78 is 7.62. The molecule has 0 spiro atoms. The van der Waals surface area contributed by atoms with Crippen molar-refractivity contribution in [3.63, 3.8) is 0 Å². The molecule has 1 saturated heterocycles. The van der Waals surface area contributed by atoms with Crippen LogP contribution in [0, 0.1) is 0 Å². The number of aromatic nitrogens is 2. The Morgan fingerprint density at radius 3 is 2.71 bits per heavy atom. The Morgan fingerprint density at radius 1 is 1.18 bits per heavy atom. The van der Waals surface area contributed by atoms with Gasteiger partial charge in [0.2, 0.25) is 0 Å². The lowest BCUT2D eigenvalue weighted by Crippen LogP contribution is -2.46. The smallest absolute Gasteiger partial charge is 0.272 e. The normalized spacial score (nSPS) is 16.9. The second-order valence-corrected chi connectivity index (χ2v) is 7.47. The van der Waals surface area contributed by atoms with Crippen molar-refractivity contribution >= 4 is 5.91 Å². The molecule has 2 aliphatic heterocycles. The number of hydrogen-bond donors (Lipinski definition) is 1. The zero-order valence-corrected chi connectivity index (χ0v) is 16.8. The number of ether oxygens (including phenoxy) is 1. The van der Waals surface area contributed by atoms with Crippen molar-refractivity contribution in [3.05, 3.63) is 35.5 Å². The summed E-state index contributed by atoms with van der Waals surface area (Å²) in [6.45, 7) is 9.93. The van der Waals surface area contributed by atoms with Crippen LogP contribution in [0.3, 0.4) is 0 Å². The topological polar surface area (TPSA) is 62.6 Å². The van der Waals surface area contributed by atoms with Crippen molar-refractivity contribution in [3.8, 4) is 17.0 Å². The van der Waals surface area contributed by atoms with Gasteiger partial charge in [0.1, 0.15) is 12.4 Å². The molecule has 0 radical (unpaired) electrons. The average Bonchev–Trinajstić information content (AvgIpc) is 3.08. The molecular formula is C21H29N5O2. The van der Waals surface area contributed by atoms with Gasteiger partial charge in [-0.1, -0.05) is 19.1 Å². The van der Waals surface area contributed by atoms with Crippen LogP contribution in [0.2, 0.25) is 0 Å². The highest BCUT2D eigenvalue weighted by molar-refractivity contribution is 5.96. The van der Waals surface area contributed by atoms with Crippen molar-refractivity contribution in [2.24, 2.45) is 7.05 Å². The first-order valence-electron chi connectivity index (χ1n) is 10.2. The number of fused-ring (bicyclic) bond motifs is 3. The van der Waals surface area contributed by atoms with E-state index in [1.54, 1.807) is 4.68 Å². The van der Waals surface area contributed by atoms with Crippen molar-refractivity contribution in [1.82, 2.24) is 24.9 Å². The van der Waals surface area contributed by atoms with Crippen LogP contribution in [-0.4, -0.2) is 71.3 Å². The number of piperazine rings is 1. The fourth-order valence-corrected chi connectivity index (χ4v) is 4.08. The third-order valence-corrected chi connectivity index (χ3v) is 5.72. The zero-order valence-electron chi connectivity index (χ0n) is 16.8. The van der Waals surface area contributed by atoms with Crippen LogP contribution in [0.5, 0.6) is 5.75 Å². The number of hydrogen-bond acceptors (Lipinski definition) is 5. The second-order valence-electron chi connectivity index (χ2n) is 7.47. The molecule has 1 fully saturated rings. The third kappa shape index (κ3) is 3.77. The van der Waals surface area contributed by atoms with Gasteiger partial charge in [-0.25, -0.2) is 0 Å². The monoisotopic (exact) mass is 383 g/mol. The van der Waals surface area contributed by atoms with E-state index >= 15 is 0 Å². The first kappa shape index (κ1) is 19.0. The maximum Gasteiger partial charge on any atom is 0.272 e. The summed E-state index contributed by atoms with van der Waals surface area (Å²) in [5.74, 6) is 0.726. The molecule has 7 nitrogen and oxygen atoms in total. The van der Waals surface area contributed by atoms with Crippen LogP contribution >= 0.6 is 0 Å². The maximum absolute atomic E-state index is 12.7. The van der Waals surface area contributed by atoms with Gasteiger partial charge in [-0.05, 0) is 31.6 Å². The number of rotatable bonds is 6. The summed E-state index contributed by atoms with van der Waals surface area (Å²) in [6, 6.07) is 7.89. The molecule has 0 bridgehead atoms. The van der Waals surface area contributed by atoms with Crippen LogP contribution < -0.4 is 10.1 Å². The largest absolute Gasteiger partial charge is 0.488 e. The van der Waals surface area contributed by atoms with Crippen LogP contribution in [0.1, 0.15) is 29.4 Å². The van der Waals surface area contributed by atoms with E-state index in [0.29, 0.717) is 18.8 Å². The van der Waals surface area contributed by atoms with Gasteiger partial charge in [-0.2, -0.15) is 5.10 Å². The summed E-state index contributed by atoms with van der Waals surface area (Å²) >= 11 is 0. The van der Waals surface area contributed by atoms with E-state index < -0.39 is 0 Å². The van der Waals surface area contributed by atoms with E-state index in [-0.39, 0.29) is 5.91 Å². The molecule has 4 rings (SSSR count). The van der Waals surface area contributed by atoms with Crippen LogP contribution in [0.25, 0.3) is 11.3 Å². The molecule has 2 aliphatic rings. The molecule has 0 aliphatic carbocycles. The number of para-hydroxylation sites is 1. The van der Waals surface area contributed by atoms with Gasteiger partial charge in [0.25, 0.3) is 5.91 Å². The molecule has 3 heterocycles. The van der Waals surface area contributed by atoms with Gasteiger partial charge < -0.3 is 19.9 Å². The minimum Gasteiger partial charge on any atom is -0.488 e. The van der Waals surface area contributed by atoms with Crippen molar-refractivity contribution < 1.29 is 9.53 Å². The molecule has 1 aromatic heterocycles. The van der Waals surface area contributed by atoms with Gasteiger partial charge in [0.05, 0.1) is 5.69 Å². The molecule has 1 N–H and O–H groups in total. The van der Waals surface area contributed by atoms with Crippen LogP contribution in [0.15, 0.2) is 24.3 Å². The number of nitrogens with zero attached hydrogens (tertiary/aromatic N) is 4. The minimum absolute atomic E-state index is 0.115. The van der Waals surface area contributed by atoms with Crippen molar-refractivity contribution in [1.29, 1.82) is 0 Å². The van der Waals surface area contributed by atoms with E-state index in [2.05, 4.69) is 27.1 Å². The van der Waals surface area contributed by atoms with Crippen LogP contribution in [0.4, 0.5) is 0 Å². The molecule has 1 aromatic carbocycles. The van der Waals surface area contributed by atoms with E-state index in [9.17, 15) is 4.79 Å². The number of amides is 1. The maximum atomic E-state index is 12.7. The quantitative estimate of drug-likeness (QED) is 0.770. The minimum atomic E-state index is -0.115. The number of aryl methyl sites for hydroxylation is 1. The number of likely N-dealkylation sites (N-methyl/N-ethyl adjacent to an activating group) is 1. The lowest BCUT2D eigenvalue weighted by atomic mass is 10.0. The molecule has 0 atom stereocenters. The highest BCUT2D eigenvalue weighted by atomic mass is 16.5. The zero-order chi connectivity index (χ0) is 19.5. The van der Waals surface area contributed by atoms with Gasteiger partial charge in [0, 0.05) is 50.9 Å². The third-order valence-electron chi connectivity index (χ3n) is 5.72. The van der Waals surface area contributed by atoms with Crippen molar-refractivity contribution in [2.45, 2.75) is 20.0 Å². The highest BCUT2D eigenvalue weighted by Crippen LogP contribution is 2.38. The molecule has 7 heteroatoms. The fourth-order valence-electron chi connectivity index (χ4n) is 4.08. The Balaban J connectivity index is 1.33. The standard InChI is InChI=1S/C21H29N5O2/c1-3-25-11-13-26(14-12-25)10-6-9-22-21(27)19-17-15-28-18-8-5-4-7-16(18)20(17)24(2)23-19/h4-5,7-8H,3,6,9-15H2,1-2H3,(H,22,27). The fraction of sp³-hybridized carbons (Fsp3) is 0.524. The number of benzene rings is 1.